The van der Waals surface area contributed by atoms with E-state index in [1.54, 1.807) is 0 Å². The minimum Gasteiger partial charge on any atom is -0.370 e. The maximum absolute atomic E-state index is 12.0. The first kappa shape index (κ1) is 20.1. The summed E-state index contributed by atoms with van der Waals surface area (Å²) in [5, 5.41) is 2.86. The molecule has 0 fully saturated rings. The molecule has 0 saturated carbocycles. The molecule has 18 heavy (non-hydrogen) atoms. The molecular weight excluding hydrogens is 360 g/mol. The maximum Gasteiger partial charge on any atom is 0.401 e. The summed E-state index contributed by atoms with van der Waals surface area (Å²) in [5.74, 6) is 0.352. The fraction of sp³-hybridized carbons (Fsp3) is 0.900. The molecule has 0 aromatic rings. The van der Waals surface area contributed by atoms with Crippen LogP contribution in [0.4, 0.5) is 13.2 Å². The van der Waals surface area contributed by atoms with Crippen LogP contribution in [-0.4, -0.2) is 50.3 Å². The Hall–Kier alpha value is -0.250. The van der Waals surface area contributed by atoms with E-state index in [4.69, 9.17) is 5.73 Å². The van der Waals surface area contributed by atoms with Gasteiger partial charge in [0.1, 0.15) is 0 Å². The molecule has 0 aromatic carbocycles. The lowest BCUT2D eigenvalue weighted by molar-refractivity contribution is -0.143. The number of hydrogen-bond acceptors (Lipinski definition) is 2. The van der Waals surface area contributed by atoms with Gasteiger partial charge in [0.2, 0.25) is 0 Å². The highest BCUT2D eigenvalue weighted by Gasteiger charge is 2.28. The Labute approximate surface area is 123 Å². The van der Waals surface area contributed by atoms with Gasteiger partial charge in [-0.15, -0.1) is 24.0 Å². The monoisotopic (exact) mass is 382 g/mol. The van der Waals surface area contributed by atoms with Gasteiger partial charge in [-0.1, -0.05) is 6.92 Å². The quantitative estimate of drug-likeness (QED) is 0.306. The Morgan fingerprint density at radius 1 is 1.39 bits per heavy atom. The molecule has 0 aromatic heterocycles. The van der Waals surface area contributed by atoms with Crippen molar-refractivity contribution < 1.29 is 13.2 Å². The van der Waals surface area contributed by atoms with Crippen LogP contribution in [0.3, 0.4) is 0 Å². The number of alkyl halides is 3. The standard InChI is InChI=1S/C10H21F3N4.HI/c1-3-5-15-9(14)16-6-4-7-17(2)8-10(11,12)13;/h3-8H2,1-2H3,(H3,14,15,16);1H. The predicted molar refractivity (Wildman–Crippen MR) is 78.4 cm³/mol. The molecule has 110 valence electrons. The van der Waals surface area contributed by atoms with Gasteiger partial charge >= 0.3 is 6.18 Å². The van der Waals surface area contributed by atoms with E-state index in [0.29, 0.717) is 32.0 Å². The molecule has 0 aliphatic rings. The van der Waals surface area contributed by atoms with Crippen LogP contribution in [0.5, 0.6) is 0 Å². The van der Waals surface area contributed by atoms with Gasteiger partial charge in [0, 0.05) is 13.1 Å². The van der Waals surface area contributed by atoms with Crippen molar-refractivity contribution in [2.45, 2.75) is 25.9 Å². The van der Waals surface area contributed by atoms with Gasteiger partial charge in [0.15, 0.2) is 5.96 Å². The maximum atomic E-state index is 12.0. The first-order chi connectivity index (χ1) is 7.85. The lowest BCUT2D eigenvalue weighted by Gasteiger charge is -2.18. The number of aliphatic imine (C=N–C) groups is 1. The van der Waals surface area contributed by atoms with Crippen molar-refractivity contribution in [3.8, 4) is 0 Å². The normalized spacial score (nSPS) is 12.4. The third-order valence-corrected chi connectivity index (χ3v) is 1.98. The van der Waals surface area contributed by atoms with Gasteiger partial charge < -0.3 is 11.1 Å². The highest BCUT2D eigenvalue weighted by molar-refractivity contribution is 14.0. The van der Waals surface area contributed by atoms with Gasteiger partial charge in [-0.2, -0.15) is 13.2 Å². The summed E-state index contributed by atoms with van der Waals surface area (Å²) in [5.41, 5.74) is 5.52. The van der Waals surface area contributed by atoms with Crippen LogP contribution < -0.4 is 11.1 Å². The fourth-order valence-electron chi connectivity index (χ4n) is 1.24. The van der Waals surface area contributed by atoms with Crippen LogP contribution in [-0.2, 0) is 0 Å². The smallest absolute Gasteiger partial charge is 0.370 e. The first-order valence-corrected chi connectivity index (χ1v) is 5.64. The van der Waals surface area contributed by atoms with Crippen molar-refractivity contribution in [3.63, 3.8) is 0 Å². The van der Waals surface area contributed by atoms with Gasteiger partial charge in [-0.25, -0.2) is 0 Å². The molecule has 0 bridgehead atoms. The van der Waals surface area contributed by atoms with E-state index in [0.717, 1.165) is 6.42 Å². The SMILES string of the molecule is CCCN=C(N)NCCCN(C)CC(F)(F)F.I. The number of rotatable bonds is 7. The Morgan fingerprint density at radius 2 is 2.00 bits per heavy atom. The first-order valence-electron chi connectivity index (χ1n) is 5.64. The van der Waals surface area contributed by atoms with Gasteiger partial charge in [0.25, 0.3) is 0 Å². The zero-order valence-electron chi connectivity index (χ0n) is 10.8. The largest absolute Gasteiger partial charge is 0.401 e. The molecule has 8 heteroatoms. The second-order valence-electron chi connectivity index (χ2n) is 3.90. The molecule has 0 aliphatic heterocycles. The number of halogens is 4. The van der Waals surface area contributed by atoms with E-state index in [1.165, 1.54) is 11.9 Å². The van der Waals surface area contributed by atoms with E-state index < -0.39 is 12.7 Å². The summed E-state index contributed by atoms with van der Waals surface area (Å²) in [6, 6.07) is 0. The van der Waals surface area contributed by atoms with Crippen molar-refractivity contribution >= 4 is 29.9 Å². The second kappa shape index (κ2) is 10.7. The van der Waals surface area contributed by atoms with Crippen molar-refractivity contribution in [2.24, 2.45) is 10.7 Å². The third-order valence-electron chi connectivity index (χ3n) is 1.98. The summed E-state index contributed by atoms with van der Waals surface area (Å²) in [4.78, 5) is 5.25. The fourth-order valence-corrected chi connectivity index (χ4v) is 1.24. The summed E-state index contributed by atoms with van der Waals surface area (Å²) in [7, 11) is 1.45. The molecule has 0 unspecified atom stereocenters. The van der Waals surface area contributed by atoms with Crippen LogP contribution in [0.2, 0.25) is 0 Å². The van der Waals surface area contributed by atoms with Gasteiger partial charge in [-0.05, 0) is 26.4 Å². The Balaban J connectivity index is 0. The Bertz CT molecular complexity index is 234. The minimum atomic E-state index is -4.14. The highest BCUT2D eigenvalue weighted by Crippen LogP contribution is 2.15. The summed E-state index contributed by atoms with van der Waals surface area (Å²) in [6.45, 7) is 2.66. The second-order valence-corrected chi connectivity index (χ2v) is 3.90. The van der Waals surface area contributed by atoms with Crippen LogP contribution in [0.1, 0.15) is 19.8 Å². The molecule has 0 rings (SSSR count). The number of nitrogens with one attached hydrogen (secondary N) is 1. The molecule has 0 heterocycles. The van der Waals surface area contributed by atoms with Crippen molar-refractivity contribution in [1.29, 1.82) is 0 Å². The molecule has 0 aliphatic carbocycles. The average molecular weight is 382 g/mol. The predicted octanol–water partition coefficient (Wildman–Crippen LogP) is 1.80. The summed E-state index contributed by atoms with van der Waals surface area (Å²) >= 11 is 0. The van der Waals surface area contributed by atoms with E-state index in [9.17, 15) is 13.2 Å². The number of hydrogen-bond donors (Lipinski definition) is 2. The zero-order chi connectivity index (χ0) is 13.3. The summed E-state index contributed by atoms with van der Waals surface area (Å²) in [6.07, 6.45) is -2.63. The van der Waals surface area contributed by atoms with Crippen LogP contribution >= 0.6 is 24.0 Å². The molecular formula is C10H22F3IN4. The number of nitrogens with two attached hydrogens (primary N) is 1. The molecule has 0 amide bonds. The van der Waals surface area contributed by atoms with E-state index >= 15 is 0 Å². The molecule has 4 nitrogen and oxygen atoms in total. The van der Waals surface area contributed by atoms with Crippen LogP contribution in [0, 0.1) is 0 Å². The highest BCUT2D eigenvalue weighted by atomic mass is 127. The number of guanidine groups is 1. The molecule has 0 saturated heterocycles. The Morgan fingerprint density at radius 3 is 2.50 bits per heavy atom. The van der Waals surface area contributed by atoms with E-state index in [1.807, 2.05) is 6.92 Å². The third kappa shape index (κ3) is 13.8. The van der Waals surface area contributed by atoms with E-state index in [-0.39, 0.29) is 24.0 Å². The average Bonchev–Trinajstić information content (AvgIpc) is 2.19. The van der Waals surface area contributed by atoms with Crippen molar-refractivity contribution in [1.82, 2.24) is 10.2 Å². The van der Waals surface area contributed by atoms with Gasteiger partial charge in [-0.3, -0.25) is 9.89 Å². The van der Waals surface area contributed by atoms with Crippen molar-refractivity contribution in [2.75, 3.05) is 33.2 Å². The molecule has 0 atom stereocenters. The van der Waals surface area contributed by atoms with E-state index in [2.05, 4.69) is 10.3 Å². The van der Waals surface area contributed by atoms with Crippen molar-refractivity contribution in [3.05, 3.63) is 0 Å². The molecule has 0 spiro atoms. The molecule has 0 radical (unpaired) electrons. The zero-order valence-corrected chi connectivity index (χ0v) is 13.1. The lowest BCUT2D eigenvalue weighted by atomic mass is 10.4. The topological polar surface area (TPSA) is 53.6 Å². The number of nitrogens with zero attached hydrogens (tertiary/aromatic N) is 2. The van der Waals surface area contributed by atoms with Crippen LogP contribution in [0.15, 0.2) is 4.99 Å². The van der Waals surface area contributed by atoms with Crippen LogP contribution in [0.25, 0.3) is 0 Å². The summed E-state index contributed by atoms with van der Waals surface area (Å²) < 4.78 is 36.0. The van der Waals surface area contributed by atoms with Gasteiger partial charge in [0.05, 0.1) is 6.54 Å². The Kier molecular flexibility index (Phi) is 11.9. The molecule has 3 N–H and O–H groups in total. The minimum absolute atomic E-state index is 0. The lowest BCUT2D eigenvalue weighted by Crippen LogP contribution is -2.36.